The third kappa shape index (κ3) is 3.85. The monoisotopic (exact) mass is 435 g/mol. The molecule has 0 fully saturated rings. The molecule has 168 valence electrons. The Labute approximate surface area is 187 Å². The highest BCUT2D eigenvalue weighted by atomic mass is 16.5. The highest BCUT2D eigenvalue weighted by Crippen LogP contribution is 2.36. The van der Waals surface area contributed by atoms with Crippen LogP contribution in [0.25, 0.3) is 11.0 Å². The van der Waals surface area contributed by atoms with Crippen LogP contribution in [0.3, 0.4) is 0 Å². The topological polar surface area (TPSA) is 77.8 Å². The maximum absolute atomic E-state index is 13.4. The summed E-state index contributed by atoms with van der Waals surface area (Å²) in [4.78, 5) is 26.1. The molecule has 0 radical (unpaired) electrons. The fraction of sp³-hybridized carbons (Fsp3) is 0.385. The minimum absolute atomic E-state index is 0.0800. The second-order valence-electron chi connectivity index (χ2n) is 8.63. The fourth-order valence-corrected chi connectivity index (χ4v) is 3.95. The summed E-state index contributed by atoms with van der Waals surface area (Å²) in [7, 11) is 0. The minimum atomic E-state index is -0.608. The molecule has 2 heterocycles. The number of hydrogen-bond donors (Lipinski definition) is 1. The zero-order valence-corrected chi connectivity index (χ0v) is 19.2. The van der Waals surface area contributed by atoms with Crippen molar-refractivity contribution >= 4 is 16.9 Å². The number of amides is 1. The molecule has 1 N–H and O–H groups in total. The van der Waals surface area contributed by atoms with Gasteiger partial charge in [0.15, 0.2) is 16.9 Å². The van der Waals surface area contributed by atoms with E-state index in [2.05, 4.69) is 19.2 Å². The lowest BCUT2D eigenvalue weighted by molar-refractivity contribution is 0.0937. The fourth-order valence-electron chi connectivity index (χ4n) is 3.95. The van der Waals surface area contributed by atoms with Crippen LogP contribution in [0, 0.1) is 19.8 Å². The lowest BCUT2D eigenvalue weighted by Crippen LogP contribution is -2.22. The van der Waals surface area contributed by atoms with E-state index in [1.165, 1.54) is 0 Å². The average Bonchev–Trinajstić information content (AvgIpc) is 3.09. The first kappa shape index (κ1) is 21.9. The van der Waals surface area contributed by atoms with Crippen molar-refractivity contribution in [2.24, 2.45) is 5.92 Å². The number of ether oxygens (including phenoxy) is 2. The predicted molar refractivity (Wildman–Crippen MR) is 124 cm³/mol. The van der Waals surface area contributed by atoms with E-state index >= 15 is 0 Å². The van der Waals surface area contributed by atoms with Crippen LogP contribution in [0.4, 0.5) is 0 Å². The van der Waals surface area contributed by atoms with Crippen LogP contribution in [0.5, 0.6) is 11.5 Å². The number of benzene rings is 2. The highest BCUT2D eigenvalue weighted by Gasteiger charge is 2.36. The Bertz CT molecular complexity index is 1240. The number of nitrogens with one attached hydrogen (secondary N) is 1. The zero-order valence-electron chi connectivity index (χ0n) is 19.2. The predicted octanol–water partition coefficient (Wildman–Crippen LogP) is 5.07. The van der Waals surface area contributed by atoms with Gasteiger partial charge in [-0.3, -0.25) is 9.59 Å². The van der Waals surface area contributed by atoms with Gasteiger partial charge >= 0.3 is 0 Å². The van der Waals surface area contributed by atoms with Crippen LogP contribution in [0.15, 0.2) is 39.5 Å². The maximum atomic E-state index is 13.4. The molecule has 6 nitrogen and oxygen atoms in total. The van der Waals surface area contributed by atoms with Gasteiger partial charge in [0.05, 0.1) is 30.2 Å². The Morgan fingerprint density at radius 2 is 1.84 bits per heavy atom. The van der Waals surface area contributed by atoms with Gasteiger partial charge in [0.25, 0.3) is 5.91 Å². The van der Waals surface area contributed by atoms with E-state index in [0.29, 0.717) is 47.2 Å². The van der Waals surface area contributed by atoms with Gasteiger partial charge in [0.1, 0.15) is 5.58 Å². The van der Waals surface area contributed by atoms with Gasteiger partial charge in [-0.2, -0.15) is 0 Å². The molecule has 1 unspecified atom stereocenters. The molecule has 1 aliphatic rings. The van der Waals surface area contributed by atoms with Crippen LogP contribution < -0.4 is 20.2 Å². The molecule has 1 aliphatic heterocycles. The molecule has 0 saturated carbocycles. The summed E-state index contributed by atoms with van der Waals surface area (Å²) in [6, 6.07) is 8.58. The number of rotatable bonds is 7. The molecule has 0 bridgehead atoms. The smallest absolute Gasteiger partial charge is 0.288 e. The van der Waals surface area contributed by atoms with Crippen LogP contribution in [0.2, 0.25) is 0 Å². The summed E-state index contributed by atoms with van der Waals surface area (Å²) in [6.07, 6.45) is 0.937. The van der Waals surface area contributed by atoms with E-state index in [1.54, 1.807) is 6.07 Å². The molecule has 0 saturated heterocycles. The van der Waals surface area contributed by atoms with Crippen LogP contribution in [-0.2, 0) is 0 Å². The van der Waals surface area contributed by atoms with Gasteiger partial charge in [0, 0.05) is 0 Å². The SMILES string of the molecule is CCOc1cc(C2NC(=O)c3oc4c(C)c(C)ccc4c(=O)c32)ccc1OCCC(C)C. The van der Waals surface area contributed by atoms with Gasteiger partial charge in [-0.15, -0.1) is 0 Å². The molecular formula is C26H29NO5. The molecule has 4 rings (SSSR count). The highest BCUT2D eigenvalue weighted by molar-refractivity contribution is 5.99. The van der Waals surface area contributed by atoms with Crippen molar-refractivity contribution in [2.45, 2.75) is 47.1 Å². The van der Waals surface area contributed by atoms with Crippen molar-refractivity contribution < 1.29 is 18.7 Å². The Balaban J connectivity index is 1.77. The van der Waals surface area contributed by atoms with Gasteiger partial charge < -0.3 is 19.2 Å². The number of carbonyl (C=O) groups is 1. The molecular weight excluding hydrogens is 406 g/mol. The summed E-state index contributed by atoms with van der Waals surface area (Å²) in [5.74, 6) is 1.47. The van der Waals surface area contributed by atoms with E-state index in [-0.39, 0.29) is 17.1 Å². The third-order valence-electron chi connectivity index (χ3n) is 5.94. The van der Waals surface area contributed by atoms with E-state index < -0.39 is 6.04 Å². The largest absolute Gasteiger partial charge is 0.490 e. The van der Waals surface area contributed by atoms with Crippen molar-refractivity contribution in [3.05, 3.63) is 68.6 Å². The quantitative estimate of drug-likeness (QED) is 0.561. The van der Waals surface area contributed by atoms with Crippen molar-refractivity contribution in [3.63, 3.8) is 0 Å². The number of fused-ring (bicyclic) bond motifs is 2. The Morgan fingerprint density at radius 1 is 1.06 bits per heavy atom. The molecule has 2 aromatic carbocycles. The standard InChI is InChI=1S/C26H29NO5/c1-6-30-20-13-17(8-10-19(20)31-12-11-14(2)3)22-21-23(28)18-9-7-15(4)16(5)24(18)32-25(21)26(29)27-22/h7-10,13-14,22H,6,11-12H2,1-5H3,(H,27,29). The zero-order chi connectivity index (χ0) is 23.0. The normalized spacial score (nSPS) is 15.2. The lowest BCUT2D eigenvalue weighted by Gasteiger charge is -2.17. The molecule has 1 atom stereocenters. The molecule has 6 heteroatoms. The lowest BCUT2D eigenvalue weighted by atomic mass is 9.97. The molecule has 3 aromatic rings. The molecule has 0 aliphatic carbocycles. The maximum Gasteiger partial charge on any atom is 0.288 e. The van der Waals surface area contributed by atoms with Crippen LogP contribution >= 0.6 is 0 Å². The van der Waals surface area contributed by atoms with Crippen molar-refractivity contribution in [1.82, 2.24) is 5.32 Å². The summed E-state index contributed by atoms with van der Waals surface area (Å²) < 4.78 is 17.7. The minimum Gasteiger partial charge on any atom is -0.490 e. The van der Waals surface area contributed by atoms with Gasteiger partial charge in [-0.05, 0) is 68.0 Å². The molecule has 1 aromatic heterocycles. The summed E-state index contributed by atoms with van der Waals surface area (Å²) in [6.45, 7) is 11.1. The average molecular weight is 436 g/mol. The van der Waals surface area contributed by atoms with E-state index in [0.717, 1.165) is 23.1 Å². The second kappa shape index (κ2) is 8.69. The number of hydrogen-bond acceptors (Lipinski definition) is 5. The van der Waals surface area contributed by atoms with E-state index in [4.69, 9.17) is 13.9 Å². The molecule has 0 spiro atoms. The van der Waals surface area contributed by atoms with E-state index in [9.17, 15) is 9.59 Å². The first-order chi connectivity index (χ1) is 15.3. The van der Waals surface area contributed by atoms with Gasteiger partial charge in [-0.1, -0.05) is 26.0 Å². The number of carbonyl (C=O) groups excluding carboxylic acids is 1. The first-order valence-electron chi connectivity index (χ1n) is 11.1. The second-order valence-corrected chi connectivity index (χ2v) is 8.63. The van der Waals surface area contributed by atoms with Crippen LogP contribution in [0.1, 0.15) is 66.0 Å². The Morgan fingerprint density at radius 3 is 2.56 bits per heavy atom. The van der Waals surface area contributed by atoms with Crippen molar-refractivity contribution in [3.8, 4) is 11.5 Å². The number of aryl methyl sites for hydroxylation is 2. The summed E-state index contributed by atoms with van der Waals surface area (Å²) in [5.41, 5.74) is 3.22. The van der Waals surface area contributed by atoms with Crippen LogP contribution in [-0.4, -0.2) is 19.1 Å². The molecule has 32 heavy (non-hydrogen) atoms. The third-order valence-corrected chi connectivity index (χ3v) is 5.94. The first-order valence-corrected chi connectivity index (χ1v) is 11.1. The van der Waals surface area contributed by atoms with Crippen molar-refractivity contribution in [1.29, 1.82) is 0 Å². The Kier molecular flexibility index (Phi) is 5.96. The summed E-state index contributed by atoms with van der Waals surface area (Å²) in [5, 5.41) is 3.38. The van der Waals surface area contributed by atoms with Crippen molar-refractivity contribution in [2.75, 3.05) is 13.2 Å². The van der Waals surface area contributed by atoms with Gasteiger partial charge in [-0.25, -0.2) is 0 Å². The molecule has 1 amide bonds. The Hall–Kier alpha value is -3.28. The summed E-state index contributed by atoms with van der Waals surface area (Å²) >= 11 is 0. The van der Waals surface area contributed by atoms with E-state index in [1.807, 2.05) is 45.0 Å². The van der Waals surface area contributed by atoms with Gasteiger partial charge in [0.2, 0.25) is 5.76 Å².